The molecular formula is C17H19N3O4. The Kier molecular flexibility index (Phi) is 5.36. The maximum absolute atomic E-state index is 11.3. The average Bonchev–Trinajstić information content (AvgIpc) is 2.59. The van der Waals surface area contributed by atoms with Crippen molar-refractivity contribution in [3.05, 3.63) is 63.7 Å². The van der Waals surface area contributed by atoms with Crippen molar-refractivity contribution < 1.29 is 14.5 Å². The quantitative estimate of drug-likeness (QED) is 0.599. The first-order valence-electron chi connectivity index (χ1n) is 7.45. The second kappa shape index (κ2) is 7.45. The number of nitrogens with two attached hydrogens (primary N) is 1. The number of nitro benzene ring substituents is 1. The standard InChI is InChI=1S/C17H19N3O4/c1-3-14(11-4-7-13(24-2)8-5-11)19-15-9-6-12(17(18)21)10-16(15)20(22)23/h4-10,14,19H,3H2,1-2H3,(H2,18,21)/t14-/m1/s1. The van der Waals surface area contributed by atoms with Crippen molar-refractivity contribution in [1.29, 1.82) is 0 Å². The Morgan fingerprint density at radius 1 is 1.29 bits per heavy atom. The number of carbonyl (C=O) groups is 1. The van der Waals surface area contributed by atoms with Crippen LogP contribution in [0.1, 0.15) is 35.3 Å². The minimum Gasteiger partial charge on any atom is -0.497 e. The molecule has 2 rings (SSSR count). The highest BCUT2D eigenvalue weighted by molar-refractivity contribution is 5.94. The lowest BCUT2D eigenvalue weighted by Gasteiger charge is -2.19. The molecule has 126 valence electrons. The summed E-state index contributed by atoms with van der Waals surface area (Å²) in [6.07, 6.45) is 0.723. The molecule has 0 spiro atoms. The number of amides is 1. The van der Waals surface area contributed by atoms with Crippen LogP contribution in [0.25, 0.3) is 0 Å². The molecule has 0 saturated heterocycles. The van der Waals surface area contributed by atoms with Gasteiger partial charge in [0.05, 0.1) is 18.1 Å². The summed E-state index contributed by atoms with van der Waals surface area (Å²) in [4.78, 5) is 22.0. The van der Waals surface area contributed by atoms with Gasteiger partial charge in [-0.3, -0.25) is 14.9 Å². The number of carbonyl (C=O) groups excluding carboxylic acids is 1. The molecule has 0 aliphatic rings. The fourth-order valence-corrected chi connectivity index (χ4v) is 2.40. The van der Waals surface area contributed by atoms with E-state index in [4.69, 9.17) is 10.5 Å². The third-order valence-corrected chi connectivity index (χ3v) is 3.74. The van der Waals surface area contributed by atoms with Crippen molar-refractivity contribution in [1.82, 2.24) is 0 Å². The van der Waals surface area contributed by atoms with Crippen LogP contribution in [0.2, 0.25) is 0 Å². The number of nitro groups is 1. The molecule has 7 nitrogen and oxygen atoms in total. The van der Waals surface area contributed by atoms with Crippen LogP contribution in [0.3, 0.4) is 0 Å². The number of primary amides is 1. The summed E-state index contributed by atoms with van der Waals surface area (Å²) in [5.74, 6) is 0.0391. The molecule has 0 aliphatic carbocycles. The summed E-state index contributed by atoms with van der Waals surface area (Å²) in [7, 11) is 1.59. The van der Waals surface area contributed by atoms with Crippen molar-refractivity contribution in [2.75, 3.05) is 12.4 Å². The zero-order valence-electron chi connectivity index (χ0n) is 13.5. The van der Waals surface area contributed by atoms with E-state index in [1.807, 2.05) is 31.2 Å². The highest BCUT2D eigenvalue weighted by atomic mass is 16.6. The second-order valence-electron chi connectivity index (χ2n) is 5.23. The molecule has 2 aromatic rings. The number of nitrogens with zero attached hydrogens (tertiary/aromatic N) is 1. The zero-order chi connectivity index (χ0) is 17.7. The third kappa shape index (κ3) is 3.81. The highest BCUT2D eigenvalue weighted by Crippen LogP contribution is 2.31. The topological polar surface area (TPSA) is 107 Å². The molecule has 0 radical (unpaired) electrons. The van der Waals surface area contributed by atoms with Gasteiger partial charge in [0.1, 0.15) is 11.4 Å². The van der Waals surface area contributed by atoms with Crippen molar-refractivity contribution in [2.45, 2.75) is 19.4 Å². The summed E-state index contributed by atoms with van der Waals surface area (Å²) in [5.41, 5.74) is 6.42. The zero-order valence-corrected chi connectivity index (χ0v) is 13.5. The first kappa shape index (κ1) is 17.3. The smallest absolute Gasteiger partial charge is 0.293 e. The number of methoxy groups -OCH3 is 1. The predicted molar refractivity (Wildman–Crippen MR) is 91.3 cm³/mol. The lowest BCUT2D eigenvalue weighted by atomic mass is 10.0. The second-order valence-corrected chi connectivity index (χ2v) is 5.23. The van der Waals surface area contributed by atoms with Gasteiger partial charge in [-0.15, -0.1) is 0 Å². The first-order chi connectivity index (χ1) is 11.5. The van der Waals surface area contributed by atoms with Crippen LogP contribution in [0.15, 0.2) is 42.5 Å². The average molecular weight is 329 g/mol. The van der Waals surface area contributed by atoms with Crippen molar-refractivity contribution in [2.24, 2.45) is 5.73 Å². The summed E-state index contributed by atoms with van der Waals surface area (Å²) in [5, 5.41) is 14.4. The number of nitrogens with one attached hydrogen (secondary N) is 1. The van der Waals surface area contributed by atoms with Gasteiger partial charge < -0.3 is 15.8 Å². The van der Waals surface area contributed by atoms with E-state index >= 15 is 0 Å². The molecule has 24 heavy (non-hydrogen) atoms. The van der Waals surface area contributed by atoms with Gasteiger partial charge in [0.25, 0.3) is 5.69 Å². The number of rotatable bonds is 7. The van der Waals surface area contributed by atoms with Crippen LogP contribution in [0, 0.1) is 10.1 Å². The summed E-state index contributed by atoms with van der Waals surface area (Å²) < 4.78 is 5.13. The molecule has 0 fully saturated rings. The van der Waals surface area contributed by atoms with Crippen LogP contribution < -0.4 is 15.8 Å². The molecule has 0 unspecified atom stereocenters. The van der Waals surface area contributed by atoms with E-state index in [1.165, 1.54) is 18.2 Å². The summed E-state index contributed by atoms with van der Waals surface area (Å²) in [6.45, 7) is 1.98. The number of hydrogen-bond acceptors (Lipinski definition) is 5. The van der Waals surface area contributed by atoms with Gasteiger partial charge in [-0.05, 0) is 36.2 Å². The molecular weight excluding hydrogens is 310 g/mol. The van der Waals surface area contributed by atoms with E-state index in [9.17, 15) is 14.9 Å². The Labute approximate surface area is 139 Å². The Balaban J connectivity index is 2.32. The fraction of sp³-hybridized carbons (Fsp3) is 0.235. The molecule has 0 aliphatic heterocycles. The van der Waals surface area contributed by atoms with Crippen LogP contribution in [-0.2, 0) is 0 Å². The number of hydrogen-bond donors (Lipinski definition) is 2. The van der Waals surface area contributed by atoms with Crippen LogP contribution >= 0.6 is 0 Å². The molecule has 1 amide bonds. The normalized spacial score (nSPS) is 11.6. The van der Waals surface area contributed by atoms with Gasteiger partial charge in [0.15, 0.2) is 0 Å². The van der Waals surface area contributed by atoms with E-state index < -0.39 is 10.8 Å². The van der Waals surface area contributed by atoms with Gasteiger partial charge >= 0.3 is 0 Å². The van der Waals surface area contributed by atoms with E-state index in [0.717, 1.165) is 17.7 Å². The monoisotopic (exact) mass is 329 g/mol. The van der Waals surface area contributed by atoms with Crippen molar-refractivity contribution >= 4 is 17.3 Å². The number of anilines is 1. The number of ether oxygens (including phenoxy) is 1. The largest absolute Gasteiger partial charge is 0.497 e. The van der Waals surface area contributed by atoms with Gasteiger partial charge in [-0.25, -0.2) is 0 Å². The van der Waals surface area contributed by atoms with Crippen LogP contribution in [0.5, 0.6) is 5.75 Å². The van der Waals surface area contributed by atoms with E-state index in [1.54, 1.807) is 7.11 Å². The summed E-state index contributed by atoms with van der Waals surface area (Å²) >= 11 is 0. The van der Waals surface area contributed by atoms with Gasteiger partial charge in [-0.2, -0.15) is 0 Å². The first-order valence-corrected chi connectivity index (χ1v) is 7.45. The van der Waals surface area contributed by atoms with Gasteiger partial charge in [-0.1, -0.05) is 19.1 Å². The molecule has 3 N–H and O–H groups in total. The molecule has 2 aromatic carbocycles. The minimum absolute atomic E-state index is 0.102. The molecule has 0 bridgehead atoms. The minimum atomic E-state index is -0.702. The molecule has 7 heteroatoms. The highest BCUT2D eigenvalue weighted by Gasteiger charge is 2.19. The van der Waals surface area contributed by atoms with Gasteiger partial charge in [0, 0.05) is 11.6 Å². The SMILES string of the molecule is CC[C@@H](Nc1ccc(C(N)=O)cc1[N+](=O)[O-])c1ccc(OC)cc1. The molecule has 0 aromatic heterocycles. The van der Waals surface area contributed by atoms with E-state index in [2.05, 4.69) is 5.32 Å². The molecule has 0 heterocycles. The predicted octanol–water partition coefficient (Wildman–Crippen LogP) is 3.27. The van der Waals surface area contributed by atoms with Crippen molar-refractivity contribution in [3.8, 4) is 5.75 Å². The Morgan fingerprint density at radius 3 is 2.46 bits per heavy atom. The van der Waals surface area contributed by atoms with Crippen LogP contribution in [-0.4, -0.2) is 17.9 Å². The van der Waals surface area contributed by atoms with Crippen LogP contribution in [0.4, 0.5) is 11.4 Å². The molecule has 0 saturated carbocycles. The number of benzene rings is 2. The Morgan fingerprint density at radius 2 is 1.96 bits per heavy atom. The van der Waals surface area contributed by atoms with E-state index in [-0.39, 0.29) is 17.3 Å². The van der Waals surface area contributed by atoms with Gasteiger partial charge in [0.2, 0.25) is 5.91 Å². The molecule has 1 atom stereocenters. The lowest BCUT2D eigenvalue weighted by molar-refractivity contribution is -0.384. The Bertz CT molecular complexity index is 744. The summed E-state index contributed by atoms with van der Waals surface area (Å²) in [6, 6.07) is 11.5. The fourth-order valence-electron chi connectivity index (χ4n) is 2.40. The lowest BCUT2D eigenvalue weighted by Crippen LogP contribution is -2.14. The maximum atomic E-state index is 11.3. The Hall–Kier alpha value is -3.09. The third-order valence-electron chi connectivity index (χ3n) is 3.74. The van der Waals surface area contributed by atoms with E-state index in [0.29, 0.717) is 5.69 Å². The van der Waals surface area contributed by atoms with Crippen molar-refractivity contribution in [3.63, 3.8) is 0 Å². The maximum Gasteiger partial charge on any atom is 0.293 e.